The number of aryl methyl sites for hydroxylation is 2. The van der Waals surface area contributed by atoms with E-state index in [9.17, 15) is 8.42 Å². The number of thiophene rings is 1. The molecule has 1 fully saturated rings. The second-order valence-electron chi connectivity index (χ2n) is 5.73. The summed E-state index contributed by atoms with van der Waals surface area (Å²) in [6, 6.07) is 0. The lowest BCUT2D eigenvalue weighted by molar-refractivity contribution is 0.586. The number of aromatic nitrogens is 2. The Bertz CT molecular complexity index is 784. The van der Waals surface area contributed by atoms with Crippen LogP contribution in [-0.4, -0.2) is 43.0 Å². The van der Waals surface area contributed by atoms with Gasteiger partial charge in [-0.2, -0.15) is 0 Å². The Hall–Kier alpha value is -1.21. The van der Waals surface area contributed by atoms with Crippen LogP contribution in [0.1, 0.15) is 23.3 Å². The Kier molecular flexibility index (Phi) is 3.15. The number of hydrogen-bond donors (Lipinski definition) is 0. The Labute approximate surface area is 127 Å². The van der Waals surface area contributed by atoms with Crippen LogP contribution in [0.4, 0.5) is 5.82 Å². The molecule has 2 aromatic heterocycles. The van der Waals surface area contributed by atoms with Gasteiger partial charge in [0.2, 0.25) is 0 Å². The molecular weight excluding hydrogens is 306 g/mol. The zero-order valence-corrected chi connectivity index (χ0v) is 13.3. The van der Waals surface area contributed by atoms with Crippen LogP contribution in [0, 0.1) is 0 Å². The van der Waals surface area contributed by atoms with Crippen LogP contribution in [0.15, 0.2) is 6.33 Å². The molecule has 0 N–H and O–H groups in total. The highest BCUT2D eigenvalue weighted by Gasteiger charge is 2.26. The molecule has 3 heterocycles. The topological polar surface area (TPSA) is 63.2 Å². The maximum atomic E-state index is 11.6. The zero-order valence-electron chi connectivity index (χ0n) is 11.7. The Morgan fingerprint density at radius 3 is 2.67 bits per heavy atom. The number of anilines is 1. The highest BCUT2D eigenvalue weighted by Crippen LogP contribution is 2.39. The molecule has 0 saturated carbocycles. The lowest BCUT2D eigenvalue weighted by Crippen LogP contribution is -2.40. The van der Waals surface area contributed by atoms with Gasteiger partial charge in [-0.25, -0.2) is 18.4 Å². The maximum Gasteiger partial charge on any atom is 0.153 e. The summed E-state index contributed by atoms with van der Waals surface area (Å²) in [7, 11) is -2.86. The summed E-state index contributed by atoms with van der Waals surface area (Å²) in [5.41, 5.74) is 1.41. The van der Waals surface area contributed by atoms with Crippen molar-refractivity contribution in [3.05, 3.63) is 16.8 Å². The molecule has 0 bridgehead atoms. The first-order chi connectivity index (χ1) is 10.1. The van der Waals surface area contributed by atoms with Crippen LogP contribution in [0.2, 0.25) is 0 Å². The van der Waals surface area contributed by atoms with E-state index in [0.29, 0.717) is 13.1 Å². The van der Waals surface area contributed by atoms with Crippen molar-refractivity contribution in [3.8, 4) is 0 Å². The number of hydrogen-bond acceptors (Lipinski definition) is 6. The van der Waals surface area contributed by atoms with Gasteiger partial charge >= 0.3 is 0 Å². The molecule has 2 aliphatic rings. The molecule has 0 unspecified atom stereocenters. The van der Waals surface area contributed by atoms with Gasteiger partial charge in [-0.3, -0.25) is 0 Å². The molecule has 7 heteroatoms. The summed E-state index contributed by atoms with van der Waals surface area (Å²) in [6.45, 7) is 1.08. The van der Waals surface area contributed by atoms with Gasteiger partial charge < -0.3 is 4.90 Å². The monoisotopic (exact) mass is 323 g/mol. The average Bonchev–Trinajstić information content (AvgIpc) is 2.86. The fourth-order valence-electron chi connectivity index (χ4n) is 3.24. The van der Waals surface area contributed by atoms with Crippen molar-refractivity contribution in [2.24, 2.45) is 0 Å². The number of nitrogens with zero attached hydrogens (tertiary/aromatic N) is 3. The van der Waals surface area contributed by atoms with Gasteiger partial charge in [0, 0.05) is 18.0 Å². The Morgan fingerprint density at radius 1 is 1.10 bits per heavy atom. The van der Waals surface area contributed by atoms with Crippen LogP contribution in [0.3, 0.4) is 0 Å². The van der Waals surface area contributed by atoms with Crippen LogP contribution in [0.5, 0.6) is 0 Å². The molecule has 0 radical (unpaired) electrons. The quantitative estimate of drug-likeness (QED) is 0.801. The molecule has 1 aliphatic heterocycles. The SMILES string of the molecule is O=S1(=O)CCN(c2ncnc3sc4c(c23)CCCC4)CC1. The maximum absolute atomic E-state index is 11.6. The molecule has 5 nitrogen and oxygen atoms in total. The van der Waals surface area contributed by atoms with Gasteiger partial charge in [0.25, 0.3) is 0 Å². The van der Waals surface area contributed by atoms with Crippen molar-refractivity contribution in [1.82, 2.24) is 9.97 Å². The molecule has 21 heavy (non-hydrogen) atoms. The van der Waals surface area contributed by atoms with E-state index in [-0.39, 0.29) is 11.5 Å². The van der Waals surface area contributed by atoms with Gasteiger partial charge in [-0.15, -0.1) is 11.3 Å². The summed E-state index contributed by atoms with van der Waals surface area (Å²) in [5.74, 6) is 1.39. The number of fused-ring (bicyclic) bond motifs is 3. The minimum absolute atomic E-state index is 0.227. The van der Waals surface area contributed by atoms with E-state index in [4.69, 9.17) is 0 Å². The van der Waals surface area contributed by atoms with Gasteiger partial charge in [-0.1, -0.05) is 0 Å². The molecule has 0 aromatic carbocycles. The number of sulfone groups is 1. The van der Waals surface area contributed by atoms with E-state index >= 15 is 0 Å². The highest BCUT2D eigenvalue weighted by atomic mass is 32.2. The van der Waals surface area contributed by atoms with Crippen molar-refractivity contribution in [2.45, 2.75) is 25.7 Å². The molecule has 4 rings (SSSR count). The van der Waals surface area contributed by atoms with E-state index < -0.39 is 9.84 Å². The van der Waals surface area contributed by atoms with E-state index in [1.54, 1.807) is 17.7 Å². The standard InChI is InChI=1S/C14H17N3O2S2/c18-21(19)7-5-17(6-8-21)13-12-10-3-1-2-4-11(10)20-14(12)16-9-15-13/h9H,1-8H2. The van der Waals surface area contributed by atoms with Crippen molar-refractivity contribution in [3.63, 3.8) is 0 Å². The van der Waals surface area contributed by atoms with Crippen LogP contribution < -0.4 is 4.90 Å². The Morgan fingerprint density at radius 2 is 1.86 bits per heavy atom. The first-order valence-corrected chi connectivity index (χ1v) is 9.98. The summed E-state index contributed by atoms with van der Waals surface area (Å²) >= 11 is 1.78. The summed E-state index contributed by atoms with van der Waals surface area (Å²) < 4.78 is 23.2. The van der Waals surface area contributed by atoms with E-state index in [2.05, 4.69) is 14.9 Å². The lowest BCUT2D eigenvalue weighted by atomic mass is 9.97. The molecule has 1 aliphatic carbocycles. The predicted octanol–water partition coefficient (Wildman–Crippen LogP) is 1.80. The summed E-state index contributed by atoms with van der Waals surface area (Å²) in [5, 5.41) is 1.18. The number of rotatable bonds is 1. The molecular formula is C14H17N3O2S2. The summed E-state index contributed by atoms with van der Waals surface area (Å²) in [6.07, 6.45) is 6.33. The fraction of sp³-hybridized carbons (Fsp3) is 0.571. The third kappa shape index (κ3) is 2.32. The molecule has 0 amide bonds. The zero-order chi connectivity index (χ0) is 14.4. The first kappa shape index (κ1) is 13.5. The highest BCUT2D eigenvalue weighted by molar-refractivity contribution is 7.91. The van der Waals surface area contributed by atoms with Crippen molar-refractivity contribution >= 4 is 37.2 Å². The van der Waals surface area contributed by atoms with Crippen molar-refractivity contribution < 1.29 is 8.42 Å². The average molecular weight is 323 g/mol. The minimum Gasteiger partial charge on any atom is -0.354 e. The first-order valence-electron chi connectivity index (χ1n) is 7.35. The molecule has 1 saturated heterocycles. The predicted molar refractivity (Wildman–Crippen MR) is 84.9 cm³/mol. The van der Waals surface area contributed by atoms with Gasteiger partial charge in [-0.05, 0) is 31.2 Å². The Balaban J connectivity index is 1.80. The van der Waals surface area contributed by atoms with Crippen LogP contribution in [0.25, 0.3) is 10.2 Å². The summed E-state index contributed by atoms with van der Waals surface area (Å²) in [4.78, 5) is 13.5. The minimum atomic E-state index is -2.86. The lowest BCUT2D eigenvalue weighted by Gasteiger charge is -2.28. The van der Waals surface area contributed by atoms with Crippen LogP contribution in [-0.2, 0) is 22.7 Å². The fourth-order valence-corrected chi connectivity index (χ4v) is 5.66. The van der Waals surface area contributed by atoms with Crippen LogP contribution >= 0.6 is 11.3 Å². The third-order valence-corrected chi connectivity index (χ3v) is 7.18. The largest absolute Gasteiger partial charge is 0.354 e. The molecule has 0 atom stereocenters. The second-order valence-corrected chi connectivity index (χ2v) is 9.11. The smallest absolute Gasteiger partial charge is 0.153 e. The molecule has 2 aromatic rings. The molecule has 0 spiro atoms. The second kappa shape index (κ2) is 4.91. The van der Waals surface area contributed by atoms with Gasteiger partial charge in [0.15, 0.2) is 9.84 Å². The van der Waals surface area contributed by atoms with Gasteiger partial charge in [0.1, 0.15) is 17.0 Å². The molecule has 112 valence electrons. The van der Waals surface area contributed by atoms with E-state index in [1.807, 2.05) is 0 Å². The van der Waals surface area contributed by atoms with E-state index in [1.165, 1.54) is 28.7 Å². The van der Waals surface area contributed by atoms with E-state index in [0.717, 1.165) is 23.5 Å². The third-order valence-electron chi connectivity index (χ3n) is 4.38. The van der Waals surface area contributed by atoms with Crippen molar-refractivity contribution in [2.75, 3.05) is 29.5 Å². The normalized spacial score (nSPS) is 21.4. The van der Waals surface area contributed by atoms with Crippen molar-refractivity contribution in [1.29, 1.82) is 0 Å². The van der Waals surface area contributed by atoms with Gasteiger partial charge in [0.05, 0.1) is 16.9 Å².